The fraction of sp³-hybridized carbons (Fsp3) is 0.0714. The summed E-state index contributed by atoms with van der Waals surface area (Å²) in [4.78, 5) is 0. The van der Waals surface area contributed by atoms with E-state index in [-0.39, 0.29) is 0 Å². The fourth-order valence-corrected chi connectivity index (χ4v) is 1.49. The number of nitrogens with zero attached hydrogens (tertiary/aromatic N) is 1. The van der Waals surface area contributed by atoms with Crippen molar-refractivity contribution >= 4 is 11.9 Å². The van der Waals surface area contributed by atoms with E-state index in [0.29, 0.717) is 5.56 Å². The Morgan fingerprint density at radius 3 is 2.61 bits per heavy atom. The first kappa shape index (κ1) is 12.2. The normalized spacial score (nSPS) is 10.8. The van der Waals surface area contributed by atoms with Gasteiger partial charge in [-0.25, -0.2) is 8.78 Å². The molecule has 18 heavy (non-hydrogen) atoms. The van der Waals surface area contributed by atoms with Gasteiger partial charge in [0.05, 0.1) is 11.9 Å². The first-order chi connectivity index (χ1) is 8.65. The van der Waals surface area contributed by atoms with E-state index in [1.54, 1.807) is 0 Å². The van der Waals surface area contributed by atoms with Crippen LogP contribution in [0.3, 0.4) is 0 Å². The van der Waals surface area contributed by atoms with Gasteiger partial charge in [-0.15, -0.1) is 0 Å². The van der Waals surface area contributed by atoms with E-state index < -0.39 is 11.6 Å². The Balaban J connectivity index is 2.05. The molecule has 0 bridgehead atoms. The number of halogens is 2. The molecular formula is C14H12F2N2. The zero-order chi connectivity index (χ0) is 13.0. The predicted octanol–water partition coefficient (Wildman–Crippen LogP) is 3.72. The third-order valence-electron chi connectivity index (χ3n) is 2.37. The van der Waals surface area contributed by atoms with E-state index in [1.807, 2.05) is 31.2 Å². The molecule has 0 amide bonds. The van der Waals surface area contributed by atoms with E-state index in [2.05, 4.69) is 10.5 Å². The summed E-state index contributed by atoms with van der Waals surface area (Å²) >= 11 is 0. The lowest BCUT2D eigenvalue weighted by atomic mass is 10.2. The van der Waals surface area contributed by atoms with Gasteiger partial charge in [-0.2, -0.15) is 5.10 Å². The predicted molar refractivity (Wildman–Crippen MR) is 68.8 cm³/mol. The van der Waals surface area contributed by atoms with Crippen LogP contribution in [0.5, 0.6) is 0 Å². The lowest BCUT2D eigenvalue weighted by Gasteiger charge is -2.01. The molecule has 0 aromatic heterocycles. The van der Waals surface area contributed by atoms with Gasteiger partial charge in [-0.3, -0.25) is 5.43 Å². The van der Waals surface area contributed by atoms with Gasteiger partial charge in [0.25, 0.3) is 0 Å². The van der Waals surface area contributed by atoms with Crippen molar-refractivity contribution in [1.29, 1.82) is 0 Å². The molecular weight excluding hydrogens is 234 g/mol. The van der Waals surface area contributed by atoms with Crippen LogP contribution in [0.15, 0.2) is 47.6 Å². The first-order valence-corrected chi connectivity index (χ1v) is 5.46. The van der Waals surface area contributed by atoms with Crippen LogP contribution >= 0.6 is 0 Å². The highest BCUT2D eigenvalue weighted by Gasteiger charge is 2.00. The summed E-state index contributed by atoms with van der Waals surface area (Å²) in [5.41, 5.74) is 5.27. The van der Waals surface area contributed by atoms with Crippen LogP contribution in [0.2, 0.25) is 0 Å². The van der Waals surface area contributed by atoms with Crippen LogP contribution in [-0.4, -0.2) is 6.21 Å². The second-order valence-corrected chi connectivity index (χ2v) is 3.91. The molecule has 0 fully saturated rings. The average molecular weight is 246 g/mol. The molecule has 0 aliphatic rings. The smallest absolute Gasteiger partial charge is 0.159 e. The van der Waals surface area contributed by atoms with Crippen molar-refractivity contribution in [3.05, 3.63) is 65.2 Å². The highest BCUT2D eigenvalue weighted by Crippen LogP contribution is 2.10. The minimum absolute atomic E-state index is 0.494. The zero-order valence-corrected chi connectivity index (χ0v) is 9.82. The molecule has 2 aromatic carbocycles. The monoisotopic (exact) mass is 246 g/mol. The highest BCUT2D eigenvalue weighted by molar-refractivity contribution is 5.80. The summed E-state index contributed by atoms with van der Waals surface area (Å²) in [5, 5.41) is 3.96. The summed E-state index contributed by atoms with van der Waals surface area (Å²) in [6.07, 6.45) is 1.44. The first-order valence-electron chi connectivity index (χ1n) is 5.46. The second kappa shape index (κ2) is 5.40. The molecule has 0 radical (unpaired) electrons. The summed E-state index contributed by atoms with van der Waals surface area (Å²) < 4.78 is 25.6. The minimum Gasteiger partial charge on any atom is -0.278 e. The Labute approximate surface area is 104 Å². The van der Waals surface area contributed by atoms with Gasteiger partial charge in [0.15, 0.2) is 11.6 Å². The Bertz CT molecular complexity index is 580. The Morgan fingerprint density at radius 1 is 1.06 bits per heavy atom. The molecule has 2 rings (SSSR count). The molecule has 92 valence electrons. The largest absolute Gasteiger partial charge is 0.278 e. The molecule has 0 saturated carbocycles. The van der Waals surface area contributed by atoms with Crippen LogP contribution in [0.25, 0.3) is 0 Å². The van der Waals surface area contributed by atoms with Gasteiger partial charge < -0.3 is 0 Å². The summed E-state index contributed by atoms with van der Waals surface area (Å²) in [7, 11) is 0. The van der Waals surface area contributed by atoms with E-state index in [4.69, 9.17) is 0 Å². The molecule has 4 heteroatoms. The molecule has 0 unspecified atom stereocenters. The topological polar surface area (TPSA) is 24.4 Å². The summed E-state index contributed by atoms with van der Waals surface area (Å²) in [5.74, 6) is -1.74. The van der Waals surface area contributed by atoms with Crippen LogP contribution in [0, 0.1) is 18.6 Å². The van der Waals surface area contributed by atoms with Crippen molar-refractivity contribution in [1.82, 2.24) is 0 Å². The number of benzene rings is 2. The molecule has 2 aromatic rings. The number of rotatable bonds is 3. The molecule has 0 aliphatic carbocycles. The Morgan fingerprint density at radius 2 is 1.89 bits per heavy atom. The Hall–Kier alpha value is -2.23. The average Bonchev–Trinajstić information content (AvgIpc) is 2.34. The maximum absolute atomic E-state index is 12.9. The number of aryl methyl sites for hydroxylation is 1. The SMILES string of the molecule is Cc1cccc(N/N=C/c2ccc(F)c(F)c2)c1. The van der Waals surface area contributed by atoms with E-state index >= 15 is 0 Å². The molecule has 0 heterocycles. The van der Waals surface area contributed by atoms with Gasteiger partial charge in [0.1, 0.15) is 0 Å². The lowest BCUT2D eigenvalue weighted by molar-refractivity contribution is 0.508. The molecule has 0 saturated heterocycles. The summed E-state index contributed by atoms with van der Waals surface area (Å²) in [6.45, 7) is 1.98. The van der Waals surface area contributed by atoms with E-state index in [0.717, 1.165) is 23.4 Å². The number of hydrazone groups is 1. The van der Waals surface area contributed by atoms with E-state index in [1.165, 1.54) is 12.3 Å². The minimum atomic E-state index is -0.880. The maximum Gasteiger partial charge on any atom is 0.159 e. The van der Waals surface area contributed by atoms with Crippen molar-refractivity contribution in [2.45, 2.75) is 6.92 Å². The van der Waals surface area contributed by atoms with E-state index in [9.17, 15) is 8.78 Å². The lowest BCUT2D eigenvalue weighted by Crippen LogP contribution is -1.92. The van der Waals surface area contributed by atoms with Gasteiger partial charge >= 0.3 is 0 Å². The highest BCUT2D eigenvalue weighted by atomic mass is 19.2. The molecule has 0 spiro atoms. The van der Waals surface area contributed by atoms with Gasteiger partial charge in [0, 0.05) is 0 Å². The van der Waals surface area contributed by atoms with Gasteiger partial charge in [-0.1, -0.05) is 18.2 Å². The van der Waals surface area contributed by atoms with Crippen LogP contribution in [0.4, 0.5) is 14.5 Å². The number of anilines is 1. The fourth-order valence-electron chi connectivity index (χ4n) is 1.49. The van der Waals surface area contributed by atoms with Crippen molar-refractivity contribution in [2.75, 3.05) is 5.43 Å². The molecule has 0 aliphatic heterocycles. The van der Waals surface area contributed by atoms with Crippen LogP contribution < -0.4 is 5.43 Å². The summed E-state index contributed by atoms with van der Waals surface area (Å²) in [6, 6.07) is 11.3. The number of hydrogen-bond acceptors (Lipinski definition) is 2. The molecule has 1 N–H and O–H groups in total. The van der Waals surface area contributed by atoms with Crippen LogP contribution in [0.1, 0.15) is 11.1 Å². The zero-order valence-electron chi connectivity index (χ0n) is 9.82. The maximum atomic E-state index is 12.9. The van der Waals surface area contributed by atoms with Crippen molar-refractivity contribution in [2.24, 2.45) is 5.10 Å². The molecule has 0 atom stereocenters. The number of hydrogen-bond donors (Lipinski definition) is 1. The second-order valence-electron chi connectivity index (χ2n) is 3.91. The van der Waals surface area contributed by atoms with Crippen LogP contribution in [-0.2, 0) is 0 Å². The van der Waals surface area contributed by atoms with Crippen molar-refractivity contribution in [3.8, 4) is 0 Å². The van der Waals surface area contributed by atoms with Gasteiger partial charge in [-0.05, 0) is 42.3 Å². The van der Waals surface area contributed by atoms with Crippen molar-refractivity contribution < 1.29 is 8.78 Å². The standard InChI is InChI=1S/C14H12F2N2/c1-10-3-2-4-12(7-10)18-17-9-11-5-6-13(15)14(16)8-11/h2-9,18H,1H3/b17-9+. The third kappa shape index (κ3) is 3.13. The quantitative estimate of drug-likeness (QED) is 0.647. The Kier molecular flexibility index (Phi) is 3.67. The number of nitrogens with one attached hydrogen (secondary N) is 1. The third-order valence-corrected chi connectivity index (χ3v) is 2.37. The molecule has 2 nitrogen and oxygen atoms in total. The van der Waals surface area contributed by atoms with Gasteiger partial charge in [0.2, 0.25) is 0 Å². The van der Waals surface area contributed by atoms with Crippen molar-refractivity contribution in [3.63, 3.8) is 0 Å².